The first-order valence-corrected chi connectivity index (χ1v) is 18.0. The van der Waals surface area contributed by atoms with E-state index in [4.69, 9.17) is 8.92 Å². The van der Waals surface area contributed by atoms with Crippen molar-refractivity contribution in [3.63, 3.8) is 0 Å². The first-order valence-electron chi connectivity index (χ1n) is 10.4. The summed E-state index contributed by atoms with van der Waals surface area (Å²) in [5, 5.41) is 0.100. The van der Waals surface area contributed by atoms with Crippen LogP contribution in [0.25, 0.3) is 0 Å². The van der Waals surface area contributed by atoms with Crippen molar-refractivity contribution in [3.05, 3.63) is 0 Å². The van der Waals surface area contributed by atoms with Crippen LogP contribution in [0.1, 0.15) is 33.1 Å². The molecule has 0 aromatic heterocycles. The maximum atomic E-state index is 11.9. The molecule has 0 rings (SSSR count). The Labute approximate surface area is 179 Å². The number of ether oxygens (including phenoxy) is 1. The maximum Gasteiger partial charge on any atom is 0.307 e. The number of nitrogens with zero attached hydrogens (tertiary/aromatic N) is 2. The first-order chi connectivity index (χ1) is 12.9. The van der Waals surface area contributed by atoms with Crippen molar-refractivity contribution in [1.82, 2.24) is 9.13 Å². The van der Waals surface area contributed by atoms with Crippen LogP contribution in [-0.4, -0.2) is 76.1 Å². The third kappa shape index (κ3) is 13.1. The highest BCUT2D eigenvalue weighted by molar-refractivity contribution is 8.09. The third-order valence-corrected chi connectivity index (χ3v) is 9.93. The molecule has 0 aliphatic carbocycles. The largest absolute Gasteiger partial charge is 0.466 e. The minimum atomic E-state index is -1.50. The summed E-state index contributed by atoms with van der Waals surface area (Å²) >= 11 is 0.978. The summed E-state index contributed by atoms with van der Waals surface area (Å²) < 4.78 is 15.2. The predicted octanol–water partition coefficient (Wildman–Crippen LogP) is 4.20. The summed E-state index contributed by atoms with van der Waals surface area (Å²) in [4.78, 5) is 23.7. The van der Waals surface area contributed by atoms with Gasteiger partial charge in [-0.05, 0) is 39.9 Å². The molecule has 0 spiro atoms. The molecule has 0 heterocycles. The van der Waals surface area contributed by atoms with Gasteiger partial charge in [-0.3, -0.25) is 9.59 Å². The summed E-state index contributed by atoms with van der Waals surface area (Å²) in [5.74, 6) is -0.111. The van der Waals surface area contributed by atoms with Gasteiger partial charge in [-0.15, -0.1) is 0 Å². The van der Waals surface area contributed by atoms with Gasteiger partial charge in [0.05, 0.1) is 31.7 Å². The fraction of sp³-hybridized carbons (Fsp3) is 0.895. The topological polar surface area (TPSA) is 59.1 Å². The van der Waals surface area contributed by atoms with Crippen molar-refractivity contribution < 1.29 is 18.5 Å². The Morgan fingerprint density at radius 1 is 0.786 bits per heavy atom. The molecule has 0 aromatic carbocycles. The van der Waals surface area contributed by atoms with E-state index in [2.05, 4.69) is 48.4 Å². The number of hydrogen-bond acceptors (Lipinski definition) is 7. The fourth-order valence-corrected chi connectivity index (χ4v) is 6.52. The lowest BCUT2D eigenvalue weighted by molar-refractivity contribution is -0.143. The molecule has 0 bridgehead atoms. The lowest BCUT2D eigenvalue weighted by atomic mass is 10.3. The van der Waals surface area contributed by atoms with E-state index in [9.17, 15) is 9.59 Å². The Balaban J connectivity index is 4.62. The molecule has 0 aliphatic rings. The van der Waals surface area contributed by atoms with E-state index in [0.717, 1.165) is 44.6 Å². The van der Waals surface area contributed by atoms with E-state index in [1.54, 1.807) is 0 Å². The quantitative estimate of drug-likeness (QED) is 0.210. The van der Waals surface area contributed by atoms with Crippen LogP contribution >= 0.6 is 12.0 Å². The molecule has 0 aromatic rings. The van der Waals surface area contributed by atoms with E-state index in [1.807, 2.05) is 13.8 Å². The van der Waals surface area contributed by atoms with Crippen molar-refractivity contribution in [2.75, 3.05) is 39.4 Å². The van der Waals surface area contributed by atoms with Gasteiger partial charge in [0.15, 0.2) is 0 Å². The Bertz CT molecular complexity index is 468. The van der Waals surface area contributed by atoms with E-state index in [0.29, 0.717) is 26.1 Å². The Morgan fingerprint density at radius 2 is 1.29 bits per heavy atom. The average molecular weight is 451 g/mol. The molecule has 0 N–H and O–H groups in total. The zero-order valence-electron chi connectivity index (χ0n) is 19.3. The van der Waals surface area contributed by atoms with E-state index >= 15 is 0 Å². The van der Waals surface area contributed by atoms with E-state index < -0.39 is 16.5 Å². The molecule has 166 valence electrons. The van der Waals surface area contributed by atoms with Gasteiger partial charge in [0.2, 0.25) is 5.12 Å². The Kier molecular flexibility index (Phi) is 13.8. The summed E-state index contributed by atoms with van der Waals surface area (Å²) in [6.45, 7) is 22.2. The number of hydrogen-bond donors (Lipinski definition) is 0. The summed E-state index contributed by atoms with van der Waals surface area (Å²) in [7, 11) is -3.00. The lowest BCUT2D eigenvalue weighted by Gasteiger charge is -2.37. The standard InChI is InChI=1S/C19H42N2O4SSi2/c1-9-24-18(22)12-16-20(27(3,4)5)14-11-15-21(28(6,7)8)17-13-19(23)26-25-10-2/h9-17H2,1-8H3. The van der Waals surface area contributed by atoms with Crippen molar-refractivity contribution >= 4 is 39.6 Å². The molecule has 0 saturated heterocycles. The van der Waals surface area contributed by atoms with Gasteiger partial charge >= 0.3 is 5.97 Å². The second-order valence-electron chi connectivity index (χ2n) is 8.84. The normalized spacial score (nSPS) is 12.6. The van der Waals surface area contributed by atoms with Crippen molar-refractivity contribution in [2.24, 2.45) is 0 Å². The van der Waals surface area contributed by atoms with Crippen molar-refractivity contribution in [2.45, 2.75) is 72.4 Å². The number of esters is 1. The number of rotatable bonds is 15. The van der Waals surface area contributed by atoms with Gasteiger partial charge in [0.1, 0.15) is 16.5 Å². The Morgan fingerprint density at radius 3 is 1.71 bits per heavy atom. The van der Waals surface area contributed by atoms with Gasteiger partial charge in [-0.25, -0.2) is 0 Å². The van der Waals surface area contributed by atoms with E-state index in [-0.39, 0.29) is 11.1 Å². The highest BCUT2D eigenvalue weighted by atomic mass is 32.2. The number of carbonyl (C=O) groups excluding carboxylic acids is 2. The molecular formula is C19H42N2O4SSi2. The Hall–Kier alpha value is -0.196. The SMILES string of the molecule is CCOSC(=O)CCN(CCCN(CCC(=O)OCC)[Si](C)(C)C)[Si](C)(C)C. The van der Waals surface area contributed by atoms with Crippen LogP contribution in [0.3, 0.4) is 0 Å². The zero-order chi connectivity index (χ0) is 21.8. The van der Waals surface area contributed by atoms with Gasteiger partial charge < -0.3 is 18.1 Å². The third-order valence-electron chi connectivity index (χ3n) is 4.50. The maximum absolute atomic E-state index is 11.9. The van der Waals surface area contributed by atoms with Gasteiger partial charge in [0, 0.05) is 13.0 Å². The van der Waals surface area contributed by atoms with Crippen LogP contribution in [0.15, 0.2) is 0 Å². The van der Waals surface area contributed by atoms with Crippen LogP contribution in [0.5, 0.6) is 0 Å². The zero-order valence-corrected chi connectivity index (χ0v) is 22.1. The minimum Gasteiger partial charge on any atom is -0.466 e. The van der Waals surface area contributed by atoms with Gasteiger partial charge in [0.25, 0.3) is 0 Å². The van der Waals surface area contributed by atoms with Crippen LogP contribution in [0.4, 0.5) is 0 Å². The summed E-state index contributed by atoms with van der Waals surface area (Å²) in [6, 6.07) is 0. The molecule has 0 fully saturated rings. The smallest absolute Gasteiger partial charge is 0.307 e. The molecule has 0 atom stereocenters. The molecule has 9 heteroatoms. The van der Waals surface area contributed by atoms with Crippen molar-refractivity contribution in [3.8, 4) is 0 Å². The fourth-order valence-electron chi connectivity index (χ4n) is 2.87. The first kappa shape index (κ1) is 27.8. The van der Waals surface area contributed by atoms with Crippen LogP contribution in [0, 0.1) is 0 Å². The second kappa shape index (κ2) is 13.9. The molecular weight excluding hydrogens is 408 g/mol. The second-order valence-corrected chi connectivity index (χ2v) is 19.6. The van der Waals surface area contributed by atoms with Crippen LogP contribution < -0.4 is 0 Å². The van der Waals surface area contributed by atoms with E-state index in [1.165, 1.54) is 0 Å². The summed E-state index contributed by atoms with van der Waals surface area (Å²) in [5.41, 5.74) is 0. The van der Waals surface area contributed by atoms with Crippen molar-refractivity contribution in [1.29, 1.82) is 0 Å². The van der Waals surface area contributed by atoms with Gasteiger partial charge in [-0.2, -0.15) is 0 Å². The highest BCUT2D eigenvalue weighted by Gasteiger charge is 2.27. The van der Waals surface area contributed by atoms with Crippen LogP contribution in [0.2, 0.25) is 39.3 Å². The monoisotopic (exact) mass is 450 g/mol. The molecule has 0 unspecified atom stereocenters. The van der Waals surface area contributed by atoms with Crippen LogP contribution in [-0.2, 0) is 18.5 Å². The lowest BCUT2D eigenvalue weighted by Crippen LogP contribution is -2.50. The molecule has 0 amide bonds. The molecule has 0 radical (unpaired) electrons. The molecule has 0 aliphatic heterocycles. The molecule has 28 heavy (non-hydrogen) atoms. The number of carbonyl (C=O) groups is 2. The average Bonchev–Trinajstić information content (AvgIpc) is 2.56. The molecule has 6 nitrogen and oxygen atoms in total. The van der Waals surface area contributed by atoms with Gasteiger partial charge in [-0.1, -0.05) is 39.3 Å². The predicted molar refractivity (Wildman–Crippen MR) is 125 cm³/mol. The molecule has 0 saturated carbocycles. The highest BCUT2D eigenvalue weighted by Crippen LogP contribution is 2.16. The minimum absolute atomic E-state index is 0.100. The summed E-state index contributed by atoms with van der Waals surface area (Å²) in [6.07, 6.45) is 2.03.